The lowest BCUT2D eigenvalue weighted by Gasteiger charge is -2.11. The van der Waals surface area contributed by atoms with Crippen LogP contribution >= 0.6 is 0 Å². The second-order valence-corrected chi connectivity index (χ2v) is 3.81. The lowest BCUT2D eigenvalue weighted by atomic mass is 10.1. The number of benzene rings is 1. The highest BCUT2D eigenvalue weighted by Crippen LogP contribution is 2.18. The number of nitrogens with zero attached hydrogens (tertiary/aromatic N) is 1. The summed E-state index contributed by atoms with van der Waals surface area (Å²) in [4.78, 5) is 11.4. The van der Waals surface area contributed by atoms with Gasteiger partial charge in [0.1, 0.15) is 6.07 Å². The normalized spacial score (nSPS) is 9.47. The monoisotopic (exact) mass is 231 g/mol. The van der Waals surface area contributed by atoms with Gasteiger partial charge in [-0.1, -0.05) is 19.1 Å². The van der Waals surface area contributed by atoms with Crippen LogP contribution in [-0.2, 0) is 4.79 Å². The second kappa shape index (κ2) is 6.54. The van der Waals surface area contributed by atoms with Gasteiger partial charge in [0.15, 0.2) is 0 Å². The van der Waals surface area contributed by atoms with E-state index < -0.39 is 0 Å². The first kappa shape index (κ1) is 13.0. The van der Waals surface area contributed by atoms with Crippen molar-refractivity contribution in [2.24, 2.45) is 0 Å². The van der Waals surface area contributed by atoms with Crippen molar-refractivity contribution >= 4 is 11.6 Å². The average Bonchev–Trinajstić information content (AvgIpc) is 2.34. The minimum Gasteiger partial charge on any atom is -0.375 e. The van der Waals surface area contributed by atoms with Gasteiger partial charge in [0.25, 0.3) is 0 Å². The lowest BCUT2D eigenvalue weighted by molar-refractivity contribution is -0.119. The summed E-state index contributed by atoms with van der Waals surface area (Å²) in [6.07, 6.45) is 0.916. The molecule has 0 aliphatic heterocycles. The van der Waals surface area contributed by atoms with E-state index in [0.29, 0.717) is 12.1 Å². The Kier molecular flexibility index (Phi) is 5.02. The summed E-state index contributed by atoms with van der Waals surface area (Å²) in [5.41, 5.74) is 2.27. The molecule has 0 spiro atoms. The summed E-state index contributed by atoms with van der Waals surface area (Å²) in [6, 6.07) is 7.58. The maximum absolute atomic E-state index is 11.4. The number of hydrogen-bond acceptors (Lipinski definition) is 3. The van der Waals surface area contributed by atoms with Gasteiger partial charge in [0.05, 0.1) is 17.8 Å². The predicted octanol–water partition coefficient (Wildman–Crippen LogP) is 1.80. The van der Waals surface area contributed by atoms with Crippen LogP contribution in [-0.4, -0.2) is 19.0 Å². The lowest BCUT2D eigenvalue weighted by Crippen LogP contribution is -2.30. The van der Waals surface area contributed by atoms with Gasteiger partial charge in [0.2, 0.25) is 5.91 Å². The predicted molar refractivity (Wildman–Crippen MR) is 67.7 cm³/mol. The van der Waals surface area contributed by atoms with Gasteiger partial charge >= 0.3 is 0 Å². The Bertz CT molecular complexity index is 435. The Morgan fingerprint density at radius 3 is 2.88 bits per heavy atom. The quantitative estimate of drug-likeness (QED) is 0.812. The molecular weight excluding hydrogens is 214 g/mol. The molecule has 0 aliphatic rings. The van der Waals surface area contributed by atoms with E-state index in [2.05, 4.69) is 16.7 Å². The van der Waals surface area contributed by atoms with Crippen LogP contribution in [0.1, 0.15) is 24.5 Å². The van der Waals surface area contributed by atoms with Crippen molar-refractivity contribution < 1.29 is 4.79 Å². The van der Waals surface area contributed by atoms with Crippen LogP contribution in [0.5, 0.6) is 0 Å². The maximum atomic E-state index is 11.4. The van der Waals surface area contributed by atoms with E-state index in [0.717, 1.165) is 17.7 Å². The van der Waals surface area contributed by atoms with Crippen LogP contribution < -0.4 is 10.6 Å². The topological polar surface area (TPSA) is 64.9 Å². The van der Waals surface area contributed by atoms with E-state index in [9.17, 15) is 4.79 Å². The highest BCUT2D eigenvalue weighted by molar-refractivity contribution is 5.81. The number of aryl methyl sites for hydroxylation is 1. The first-order chi connectivity index (χ1) is 8.19. The van der Waals surface area contributed by atoms with Crippen molar-refractivity contribution in [2.75, 3.05) is 18.4 Å². The Labute approximate surface area is 102 Å². The van der Waals surface area contributed by atoms with Crippen molar-refractivity contribution in [1.29, 1.82) is 5.26 Å². The first-order valence-electron chi connectivity index (χ1n) is 5.69. The van der Waals surface area contributed by atoms with E-state index in [4.69, 9.17) is 5.26 Å². The van der Waals surface area contributed by atoms with Crippen LogP contribution in [0.3, 0.4) is 0 Å². The van der Waals surface area contributed by atoms with Gasteiger partial charge in [-0.2, -0.15) is 5.26 Å². The molecule has 4 heteroatoms. The molecule has 0 aliphatic carbocycles. The number of nitrogens with one attached hydrogen (secondary N) is 2. The minimum atomic E-state index is -0.0565. The molecule has 1 aromatic rings. The number of para-hydroxylation sites is 1. The molecule has 2 N–H and O–H groups in total. The third-order valence-corrected chi connectivity index (χ3v) is 2.39. The molecule has 1 amide bonds. The van der Waals surface area contributed by atoms with Gasteiger partial charge in [-0.05, 0) is 25.0 Å². The zero-order valence-corrected chi connectivity index (χ0v) is 10.2. The molecule has 90 valence electrons. The smallest absolute Gasteiger partial charge is 0.239 e. The summed E-state index contributed by atoms with van der Waals surface area (Å²) in [6.45, 7) is 4.79. The molecule has 0 saturated heterocycles. The largest absolute Gasteiger partial charge is 0.375 e. The molecule has 1 rings (SSSR count). The van der Waals surface area contributed by atoms with Gasteiger partial charge in [-0.25, -0.2) is 0 Å². The summed E-state index contributed by atoms with van der Waals surface area (Å²) in [5, 5.41) is 14.7. The van der Waals surface area contributed by atoms with Crippen LogP contribution in [0.4, 0.5) is 5.69 Å². The Hall–Kier alpha value is -2.02. The fourth-order valence-corrected chi connectivity index (χ4v) is 1.49. The van der Waals surface area contributed by atoms with E-state index in [1.54, 1.807) is 6.07 Å². The van der Waals surface area contributed by atoms with Crippen molar-refractivity contribution in [1.82, 2.24) is 5.32 Å². The number of hydrogen-bond donors (Lipinski definition) is 2. The molecule has 0 unspecified atom stereocenters. The van der Waals surface area contributed by atoms with E-state index in [1.165, 1.54) is 0 Å². The van der Waals surface area contributed by atoms with Crippen molar-refractivity contribution in [3.63, 3.8) is 0 Å². The van der Waals surface area contributed by atoms with E-state index in [1.807, 2.05) is 26.0 Å². The van der Waals surface area contributed by atoms with Gasteiger partial charge in [-0.15, -0.1) is 0 Å². The maximum Gasteiger partial charge on any atom is 0.239 e. The number of carbonyl (C=O) groups excluding carboxylic acids is 1. The standard InChI is InChI=1S/C13H17N3O/c1-3-7-15-12(17)9-16-13-10(2)5-4-6-11(13)8-14/h4-6,16H,3,7,9H2,1-2H3,(H,15,17). The first-order valence-corrected chi connectivity index (χ1v) is 5.69. The molecular formula is C13H17N3O. The summed E-state index contributed by atoms with van der Waals surface area (Å²) >= 11 is 0. The van der Waals surface area contributed by atoms with Gasteiger partial charge in [-0.3, -0.25) is 4.79 Å². The number of amides is 1. The SMILES string of the molecule is CCCNC(=O)CNc1c(C)cccc1C#N. The van der Waals surface area contributed by atoms with Crippen LogP contribution in [0.2, 0.25) is 0 Å². The van der Waals surface area contributed by atoms with Crippen molar-refractivity contribution in [3.05, 3.63) is 29.3 Å². The van der Waals surface area contributed by atoms with E-state index >= 15 is 0 Å². The van der Waals surface area contributed by atoms with Gasteiger partial charge < -0.3 is 10.6 Å². The molecule has 0 fully saturated rings. The zero-order valence-electron chi connectivity index (χ0n) is 10.2. The molecule has 0 saturated carbocycles. The number of anilines is 1. The molecule has 0 aromatic heterocycles. The Morgan fingerprint density at radius 1 is 1.47 bits per heavy atom. The Balaban J connectivity index is 2.63. The molecule has 1 aromatic carbocycles. The van der Waals surface area contributed by atoms with Crippen LogP contribution in [0.15, 0.2) is 18.2 Å². The highest BCUT2D eigenvalue weighted by atomic mass is 16.1. The third-order valence-electron chi connectivity index (χ3n) is 2.39. The van der Waals surface area contributed by atoms with Crippen molar-refractivity contribution in [3.8, 4) is 6.07 Å². The summed E-state index contributed by atoms with van der Waals surface area (Å²) < 4.78 is 0. The Morgan fingerprint density at radius 2 is 2.24 bits per heavy atom. The fourth-order valence-electron chi connectivity index (χ4n) is 1.49. The minimum absolute atomic E-state index is 0.0565. The summed E-state index contributed by atoms with van der Waals surface area (Å²) in [7, 11) is 0. The molecule has 17 heavy (non-hydrogen) atoms. The number of rotatable bonds is 5. The molecule has 4 nitrogen and oxygen atoms in total. The fraction of sp³-hybridized carbons (Fsp3) is 0.385. The molecule has 0 atom stereocenters. The van der Waals surface area contributed by atoms with Gasteiger partial charge in [0, 0.05) is 6.54 Å². The van der Waals surface area contributed by atoms with E-state index in [-0.39, 0.29) is 12.5 Å². The van der Waals surface area contributed by atoms with Crippen molar-refractivity contribution in [2.45, 2.75) is 20.3 Å². The van der Waals surface area contributed by atoms with Crippen LogP contribution in [0.25, 0.3) is 0 Å². The third kappa shape index (κ3) is 3.80. The zero-order chi connectivity index (χ0) is 12.7. The number of nitriles is 1. The highest BCUT2D eigenvalue weighted by Gasteiger charge is 2.06. The molecule has 0 bridgehead atoms. The van der Waals surface area contributed by atoms with Crippen LogP contribution in [0, 0.1) is 18.3 Å². The number of carbonyl (C=O) groups is 1. The summed E-state index contributed by atoms with van der Waals surface area (Å²) in [5.74, 6) is -0.0565. The molecule has 0 heterocycles. The molecule has 0 radical (unpaired) electrons. The average molecular weight is 231 g/mol. The second-order valence-electron chi connectivity index (χ2n) is 3.81.